The molecule has 1 atom stereocenters. The van der Waals surface area contributed by atoms with E-state index < -0.39 is 5.91 Å². The minimum absolute atomic E-state index is 0.0773. The molecule has 24 heavy (non-hydrogen) atoms. The zero-order valence-electron chi connectivity index (χ0n) is 13.3. The zero-order valence-corrected chi connectivity index (χ0v) is 13.3. The number of carbonyl (C=O) groups is 1. The number of nitrogens with one attached hydrogen (secondary N) is 1. The molecule has 0 radical (unpaired) electrons. The molecule has 6 heteroatoms. The van der Waals surface area contributed by atoms with Crippen LogP contribution in [0.1, 0.15) is 22.0 Å². The zero-order chi connectivity index (χ0) is 16.9. The summed E-state index contributed by atoms with van der Waals surface area (Å²) in [4.78, 5) is 20.1. The molecule has 1 heterocycles. The van der Waals surface area contributed by atoms with Crippen LogP contribution >= 0.6 is 0 Å². The molecule has 0 aliphatic heterocycles. The van der Waals surface area contributed by atoms with E-state index >= 15 is 0 Å². The fourth-order valence-electron chi connectivity index (χ4n) is 2.64. The van der Waals surface area contributed by atoms with Gasteiger partial charge in [0.15, 0.2) is 0 Å². The Morgan fingerprint density at radius 2 is 1.96 bits per heavy atom. The first-order chi connectivity index (χ1) is 11.7. The Hall–Kier alpha value is -2.99. The maximum absolute atomic E-state index is 11.6. The van der Waals surface area contributed by atoms with Crippen molar-refractivity contribution in [3.63, 3.8) is 0 Å². The summed E-state index contributed by atoms with van der Waals surface area (Å²) in [6, 6.07) is 15.2. The summed E-state index contributed by atoms with van der Waals surface area (Å²) in [5.74, 6) is 0.121. The lowest BCUT2D eigenvalue weighted by Crippen LogP contribution is -2.18. The van der Waals surface area contributed by atoms with Gasteiger partial charge in [-0.05, 0) is 17.7 Å². The Morgan fingerprint density at radius 3 is 2.67 bits per heavy atom. The number of para-hydroxylation sites is 1. The summed E-state index contributed by atoms with van der Waals surface area (Å²) < 4.78 is 5.32. The largest absolute Gasteiger partial charge is 0.382 e. The van der Waals surface area contributed by atoms with Gasteiger partial charge in [0.1, 0.15) is 12.1 Å². The summed E-state index contributed by atoms with van der Waals surface area (Å²) in [6.07, 6.45) is 1.42. The van der Waals surface area contributed by atoms with Crippen LogP contribution in [0.25, 0.3) is 10.9 Å². The fraction of sp³-hybridized carbons (Fsp3) is 0.167. The average Bonchev–Trinajstić information content (AvgIpc) is 2.61. The lowest BCUT2D eigenvalue weighted by molar-refractivity contribution is 0.100. The number of anilines is 1. The Morgan fingerprint density at radius 1 is 1.17 bits per heavy atom. The molecule has 0 fully saturated rings. The molecule has 1 amide bonds. The van der Waals surface area contributed by atoms with Gasteiger partial charge >= 0.3 is 0 Å². The maximum Gasteiger partial charge on any atom is 0.250 e. The molecule has 3 rings (SSSR count). The van der Waals surface area contributed by atoms with Gasteiger partial charge < -0.3 is 15.8 Å². The van der Waals surface area contributed by atoms with Crippen molar-refractivity contribution in [2.24, 2.45) is 5.73 Å². The van der Waals surface area contributed by atoms with Crippen molar-refractivity contribution in [2.45, 2.75) is 6.04 Å². The predicted molar refractivity (Wildman–Crippen MR) is 92.7 cm³/mol. The molecule has 0 spiro atoms. The molecule has 0 aliphatic carbocycles. The number of nitrogens with zero attached hydrogens (tertiary/aromatic N) is 2. The van der Waals surface area contributed by atoms with E-state index in [0.717, 1.165) is 10.9 Å². The number of primary amides is 1. The van der Waals surface area contributed by atoms with Crippen molar-refractivity contribution >= 4 is 22.6 Å². The van der Waals surface area contributed by atoms with Gasteiger partial charge in [-0.25, -0.2) is 9.97 Å². The minimum Gasteiger partial charge on any atom is -0.382 e. The van der Waals surface area contributed by atoms with Gasteiger partial charge in [-0.3, -0.25) is 4.79 Å². The van der Waals surface area contributed by atoms with Gasteiger partial charge in [-0.1, -0.05) is 36.4 Å². The molecule has 1 aromatic heterocycles. The third-order valence-electron chi connectivity index (χ3n) is 3.78. The van der Waals surface area contributed by atoms with Crippen molar-refractivity contribution in [1.29, 1.82) is 0 Å². The lowest BCUT2D eigenvalue weighted by atomic mass is 10.1. The highest BCUT2D eigenvalue weighted by Gasteiger charge is 2.15. The molecule has 3 aromatic rings. The Balaban J connectivity index is 2.02. The van der Waals surface area contributed by atoms with Crippen LogP contribution < -0.4 is 11.1 Å². The molecule has 0 aliphatic rings. The van der Waals surface area contributed by atoms with E-state index in [-0.39, 0.29) is 6.04 Å². The number of ether oxygens (including phenoxy) is 1. The number of hydrogen-bond donors (Lipinski definition) is 2. The maximum atomic E-state index is 11.6. The molecule has 0 bridgehead atoms. The molecule has 122 valence electrons. The van der Waals surface area contributed by atoms with Crippen molar-refractivity contribution in [3.05, 3.63) is 66.0 Å². The van der Waals surface area contributed by atoms with Gasteiger partial charge in [-0.2, -0.15) is 0 Å². The molecule has 3 N–H and O–H groups in total. The number of carbonyl (C=O) groups excluding carboxylic acids is 1. The van der Waals surface area contributed by atoms with Crippen LogP contribution in [0, 0.1) is 0 Å². The van der Waals surface area contributed by atoms with E-state index in [4.69, 9.17) is 10.5 Å². The number of fused-ring (bicyclic) bond motifs is 1. The first kappa shape index (κ1) is 15.9. The number of amides is 1. The lowest BCUT2D eigenvalue weighted by Gasteiger charge is -2.20. The number of aromatic nitrogens is 2. The minimum atomic E-state index is -0.512. The number of hydrogen-bond acceptors (Lipinski definition) is 5. The van der Waals surface area contributed by atoms with Crippen LogP contribution in [0.3, 0.4) is 0 Å². The van der Waals surface area contributed by atoms with Crippen LogP contribution in [0.15, 0.2) is 54.9 Å². The van der Waals surface area contributed by atoms with E-state index in [9.17, 15) is 4.79 Å². The first-order valence-corrected chi connectivity index (χ1v) is 7.54. The Kier molecular flexibility index (Phi) is 4.67. The highest BCUT2D eigenvalue weighted by atomic mass is 16.5. The van der Waals surface area contributed by atoms with Crippen molar-refractivity contribution in [2.75, 3.05) is 19.0 Å². The average molecular weight is 322 g/mol. The molecular weight excluding hydrogens is 304 g/mol. The number of rotatable bonds is 6. The van der Waals surface area contributed by atoms with Gasteiger partial charge in [0.05, 0.1) is 23.7 Å². The third kappa shape index (κ3) is 3.18. The molecule has 0 saturated heterocycles. The van der Waals surface area contributed by atoms with Gasteiger partial charge in [0, 0.05) is 12.5 Å². The summed E-state index contributed by atoms with van der Waals surface area (Å²) >= 11 is 0. The number of nitrogens with two attached hydrogens (primary N) is 1. The Labute approximate surface area is 139 Å². The molecular formula is C18H18N4O2. The van der Waals surface area contributed by atoms with Gasteiger partial charge in [0.25, 0.3) is 5.91 Å². The summed E-state index contributed by atoms with van der Waals surface area (Å²) in [6.45, 7) is 0.477. The Bertz CT molecular complexity index is 852. The van der Waals surface area contributed by atoms with Crippen molar-refractivity contribution < 1.29 is 9.53 Å². The van der Waals surface area contributed by atoms with Crippen LogP contribution in [0.2, 0.25) is 0 Å². The van der Waals surface area contributed by atoms with Crippen LogP contribution in [-0.4, -0.2) is 29.6 Å². The van der Waals surface area contributed by atoms with E-state index in [1.807, 2.05) is 36.4 Å². The topological polar surface area (TPSA) is 90.1 Å². The standard InChI is InChI=1S/C18H18N4O2/c1-24-10-15(12-6-3-2-4-7-12)22-18-14-9-5-8-13(17(19)23)16(14)20-11-21-18/h2-9,11,15H,10H2,1H3,(H2,19,23)(H,20,21,22)/t15-/m1/s1. The van der Waals surface area contributed by atoms with Crippen LogP contribution in [0.5, 0.6) is 0 Å². The second-order valence-corrected chi connectivity index (χ2v) is 5.35. The van der Waals surface area contributed by atoms with Crippen LogP contribution in [-0.2, 0) is 4.74 Å². The van der Waals surface area contributed by atoms with E-state index in [1.165, 1.54) is 6.33 Å². The molecule has 0 saturated carbocycles. The second-order valence-electron chi connectivity index (χ2n) is 5.35. The second kappa shape index (κ2) is 7.06. The summed E-state index contributed by atoms with van der Waals surface area (Å²) in [5.41, 5.74) is 7.42. The predicted octanol–water partition coefficient (Wildman–Crippen LogP) is 2.53. The highest BCUT2D eigenvalue weighted by molar-refractivity contribution is 6.06. The van der Waals surface area contributed by atoms with E-state index in [0.29, 0.717) is 23.5 Å². The molecule has 0 unspecified atom stereocenters. The summed E-state index contributed by atoms with van der Waals surface area (Å²) in [7, 11) is 1.65. The SMILES string of the molecule is COC[C@@H](Nc1ncnc2c(C(N)=O)cccc12)c1ccccc1. The smallest absolute Gasteiger partial charge is 0.250 e. The fourth-order valence-corrected chi connectivity index (χ4v) is 2.64. The van der Waals surface area contributed by atoms with E-state index in [2.05, 4.69) is 15.3 Å². The molecule has 6 nitrogen and oxygen atoms in total. The monoisotopic (exact) mass is 322 g/mol. The van der Waals surface area contributed by atoms with Crippen molar-refractivity contribution in [3.8, 4) is 0 Å². The number of methoxy groups -OCH3 is 1. The van der Waals surface area contributed by atoms with Crippen molar-refractivity contribution in [1.82, 2.24) is 9.97 Å². The van der Waals surface area contributed by atoms with Gasteiger partial charge in [-0.15, -0.1) is 0 Å². The molecule has 2 aromatic carbocycles. The van der Waals surface area contributed by atoms with E-state index in [1.54, 1.807) is 19.2 Å². The van der Waals surface area contributed by atoms with Gasteiger partial charge in [0.2, 0.25) is 0 Å². The quantitative estimate of drug-likeness (QED) is 0.728. The number of benzene rings is 2. The normalized spacial score (nSPS) is 12.0. The summed E-state index contributed by atoms with van der Waals surface area (Å²) in [5, 5.41) is 4.12. The first-order valence-electron chi connectivity index (χ1n) is 7.54. The van der Waals surface area contributed by atoms with Crippen LogP contribution in [0.4, 0.5) is 5.82 Å². The third-order valence-corrected chi connectivity index (χ3v) is 3.78. The highest BCUT2D eigenvalue weighted by Crippen LogP contribution is 2.26.